The fourth-order valence-electron chi connectivity index (χ4n) is 2.25. The summed E-state index contributed by atoms with van der Waals surface area (Å²) >= 11 is 3.31. The number of likely N-dealkylation sites (tertiary alicyclic amines) is 1. The van der Waals surface area contributed by atoms with Crippen LogP contribution in [-0.2, 0) is 0 Å². The van der Waals surface area contributed by atoms with Crippen molar-refractivity contribution >= 4 is 27.7 Å². The normalized spacial score (nSPS) is 17.9. The first kappa shape index (κ1) is 13.5. The Morgan fingerprint density at radius 3 is 2.83 bits per heavy atom. The number of aromatic nitrogens is 2. The molecule has 18 heavy (non-hydrogen) atoms. The average molecular weight is 314 g/mol. The first-order valence-corrected chi connectivity index (χ1v) is 7.15. The molecule has 0 amide bonds. The van der Waals surface area contributed by atoms with Gasteiger partial charge in [0.1, 0.15) is 10.4 Å². The second-order valence-electron chi connectivity index (χ2n) is 4.90. The van der Waals surface area contributed by atoms with Crippen molar-refractivity contribution in [2.45, 2.75) is 19.3 Å². The standard InChI is InChI=1S/C12H20BrN5/c1-18-6-3-9(4-7-18)2-5-15-12-16-10(13)8-11(14)17-12/h8-9H,2-7H2,1H3,(H3,14,15,16,17). The van der Waals surface area contributed by atoms with Crippen LogP contribution in [0.1, 0.15) is 19.3 Å². The summed E-state index contributed by atoms with van der Waals surface area (Å²) in [5.41, 5.74) is 5.66. The van der Waals surface area contributed by atoms with Crippen LogP contribution < -0.4 is 11.1 Å². The number of piperidine rings is 1. The number of anilines is 2. The first-order valence-electron chi connectivity index (χ1n) is 6.36. The number of nitrogens with zero attached hydrogens (tertiary/aromatic N) is 3. The summed E-state index contributed by atoms with van der Waals surface area (Å²) in [5.74, 6) is 1.91. The van der Waals surface area contributed by atoms with E-state index < -0.39 is 0 Å². The van der Waals surface area contributed by atoms with Crippen LogP contribution in [0.4, 0.5) is 11.8 Å². The van der Waals surface area contributed by atoms with Crippen LogP contribution in [-0.4, -0.2) is 41.5 Å². The fraction of sp³-hybridized carbons (Fsp3) is 0.667. The number of nitrogen functional groups attached to an aromatic ring is 1. The summed E-state index contributed by atoms with van der Waals surface area (Å²) in [6.07, 6.45) is 3.75. The Hall–Kier alpha value is -0.880. The van der Waals surface area contributed by atoms with Gasteiger partial charge < -0.3 is 16.0 Å². The molecule has 1 aliphatic heterocycles. The zero-order valence-corrected chi connectivity index (χ0v) is 12.3. The Kier molecular flexibility index (Phi) is 4.77. The highest BCUT2D eigenvalue weighted by Crippen LogP contribution is 2.19. The summed E-state index contributed by atoms with van der Waals surface area (Å²) in [6.45, 7) is 3.33. The van der Waals surface area contributed by atoms with Crippen molar-refractivity contribution in [2.24, 2.45) is 5.92 Å². The van der Waals surface area contributed by atoms with Gasteiger partial charge in [-0.25, -0.2) is 4.98 Å². The van der Waals surface area contributed by atoms with Crippen LogP contribution in [0, 0.1) is 5.92 Å². The van der Waals surface area contributed by atoms with E-state index in [1.54, 1.807) is 6.07 Å². The zero-order chi connectivity index (χ0) is 13.0. The van der Waals surface area contributed by atoms with Crippen LogP contribution in [0.2, 0.25) is 0 Å². The smallest absolute Gasteiger partial charge is 0.225 e. The van der Waals surface area contributed by atoms with Crippen molar-refractivity contribution < 1.29 is 0 Å². The van der Waals surface area contributed by atoms with Crippen LogP contribution in [0.15, 0.2) is 10.7 Å². The molecule has 0 unspecified atom stereocenters. The van der Waals surface area contributed by atoms with Gasteiger partial charge >= 0.3 is 0 Å². The third kappa shape index (κ3) is 4.10. The summed E-state index contributed by atoms with van der Waals surface area (Å²) < 4.78 is 0.719. The molecular formula is C12H20BrN5. The highest BCUT2D eigenvalue weighted by atomic mass is 79.9. The third-order valence-electron chi connectivity index (χ3n) is 3.39. The molecule has 1 fully saturated rings. The second kappa shape index (κ2) is 6.33. The minimum absolute atomic E-state index is 0.485. The van der Waals surface area contributed by atoms with Gasteiger partial charge in [0, 0.05) is 12.6 Å². The van der Waals surface area contributed by atoms with Gasteiger partial charge in [-0.1, -0.05) is 0 Å². The van der Waals surface area contributed by atoms with E-state index in [1.165, 1.54) is 32.4 Å². The molecule has 6 heteroatoms. The van der Waals surface area contributed by atoms with Crippen LogP contribution in [0.3, 0.4) is 0 Å². The molecule has 0 aromatic carbocycles. The minimum Gasteiger partial charge on any atom is -0.383 e. The van der Waals surface area contributed by atoms with Crippen LogP contribution in [0.25, 0.3) is 0 Å². The molecule has 0 saturated carbocycles. The Morgan fingerprint density at radius 1 is 1.44 bits per heavy atom. The Labute approximate surface area is 116 Å². The topological polar surface area (TPSA) is 67.1 Å². The molecule has 5 nitrogen and oxygen atoms in total. The molecule has 0 bridgehead atoms. The van der Waals surface area contributed by atoms with Crippen LogP contribution >= 0.6 is 15.9 Å². The largest absolute Gasteiger partial charge is 0.383 e. The van der Waals surface area contributed by atoms with Crippen molar-refractivity contribution in [1.82, 2.24) is 14.9 Å². The van der Waals surface area contributed by atoms with Gasteiger partial charge in [0.25, 0.3) is 0 Å². The van der Waals surface area contributed by atoms with Gasteiger partial charge in [0.2, 0.25) is 5.95 Å². The van der Waals surface area contributed by atoms with E-state index in [2.05, 4.69) is 43.2 Å². The van der Waals surface area contributed by atoms with E-state index in [-0.39, 0.29) is 0 Å². The molecular weight excluding hydrogens is 294 g/mol. The number of halogens is 1. The lowest BCUT2D eigenvalue weighted by Crippen LogP contribution is -2.30. The Balaban J connectivity index is 1.74. The monoisotopic (exact) mass is 313 g/mol. The lowest BCUT2D eigenvalue weighted by Gasteiger charge is -2.28. The maximum absolute atomic E-state index is 5.66. The van der Waals surface area contributed by atoms with Crippen molar-refractivity contribution in [2.75, 3.05) is 37.7 Å². The quantitative estimate of drug-likeness (QED) is 0.832. The summed E-state index contributed by atoms with van der Waals surface area (Å²) in [5, 5.41) is 3.24. The summed E-state index contributed by atoms with van der Waals surface area (Å²) in [7, 11) is 2.19. The van der Waals surface area contributed by atoms with Crippen LogP contribution in [0.5, 0.6) is 0 Å². The molecule has 0 aliphatic carbocycles. The minimum atomic E-state index is 0.485. The van der Waals surface area contributed by atoms with E-state index in [9.17, 15) is 0 Å². The number of nitrogens with two attached hydrogens (primary N) is 1. The molecule has 0 atom stereocenters. The zero-order valence-electron chi connectivity index (χ0n) is 10.7. The van der Waals surface area contributed by atoms with Gasteiger partial charge in [-0.15, -0.1) is 0 Å². The molecule has 1 aliphatic rings. The number of nitrogens with one attached hydrogen (secondary N) is 1. The van der Waals surface area contributed by atoms with Gasteiger partial charge in [-0.3, -0.25) is 0 Å². The summed E-state index contributed by atoms with van der Waals surface area (Å²) in [4.78, 5) is 10.8. The number of rotatable bonds is 4. The number of hydrogen-bond donors (Lipinski definition) is 2. The van der Waals surface area contributed by atoms with E-state index in [1.807, 2.05) is 0 Å². The number of hydrogen-bond acceptors (Lipinski definition) is 5. The molecule has 1 saturated heterocycles. The van der Waals surface area contributed by atoms with E-state index in [0.717, 1.165) is 17.1 Å². The van der Waals surface area contributed by atoms with E-state index in [0.29, 0.717) is 11.8 Å². The average Bonchev–Trinajstić information content (AvgIpc) is 2.30. The molecule has 0 spiro atoms. The van der Waals surface area contributed by atoms with Gasteiger partial charge in [0.15, 0.2) is 0 Å². The predicted molar refractivity (Wildman–Crippen MR) is 77.5 cm³/mol. The van der Waals surface area contributed by atoms with Crippen molar-refractivity contribution in [3.05, 3.63) is 10.7 Å². The Morgan fingerprint density at radius 2 is 2.17 bits per heavy atom. The van der Waals surface area contributed by atoms with Gasteiger partial charge in [-0.2, -0.15) is 4.98 Å². The molecule has 0 radical (unpaired) electrons. The van der Waals surface area contributed by atoms with Crippen molar-refractivity contribution in [3.8, 4) is 0 Å². The lowest BCUT2D eigenvalue weighted by atomic mass is 9.94. The maximum atomic E-state index is 5.66. The van der Waals surface area contributed by atoms with Gasteiger partial charge in [-0.05, 0) is 61.2 Å². The SMILES string of the molecule is CN1CCC(CCNc2nc(N)cc(Br)n2)CC1. The van der Waals surface area contributed by atoms with E-state index >= 15 is 0 Å². The lowest BCUT2D eigenvalue weighted by molar-refractivity contribution is 0.215. The van der Waals surface area contributed by atoms with Crippen molar-refractivity contribution in [1.29, 1.82) is 0 Å². The molecule has 1 aromatic heterocycles. The van der Waals surface area contributed by atoms with E-state index in [4.69, 9.17) is 5.73 Å². The molecule has 2 rings (SSSR count). The van der Waals surface area contributed by atoms with Crippen molar-refractivity contribution in [3.63, 3.8) is 0 Å². The highest BCUT2D eigenvalue weighted by Gasteiger charge is 2.16. The van der Waals surface area contributed by atoms with Gasteiger partial charge in [0.05, 0.1) is 0 Å². The molecule has 3 N–H and O–H groups in total. The Bertz CT molecular complexity index is 370. The molecule has 1 aromatic rings. The second-order valence-corrected chi connectivity index (χ2v) is 5.71. The third-order valence-corrected chi connectivity index (χ3v) is 3.79. The predicted octanol–water partition coefficient (Wildman–Crippen LogP) is 1.97. The highest BCUT2D eigenvalue weighted by molar-refractivity contribution is 9.10. The maximum Gasteiger partial charge on any atom is 0.225 e. The first-order chi connectivity index (χ1) is 8.63. The summed E-state index contributed by atoms with van der Waals surface area (Å²) in [6, 6.07) is 1.70. The molecule has 2 heterocycles. The molecule has 100 valence electrons. The fourth-order valence-corrected chi connectivity index (χ4v) is 2.66.